The summed E-state index contributed by atoms with van der Waals surface area (Å²) in [7, 11) is 0. The summed E-state index contributed by atoms with van der Waals surface area (Å²) in [5, 5.41) is 13.9. The molecule has 1 aliphatic rings. The highest BCUT2D eigenvalue weighted by Gasteiger charge is 2.27. The van der Waals surface area contributed by atoms with Crippen molar-refractivity contribution in [3.63, 3.8) is 0 Å². The third-order valence-electron chi connectivity index (χ3n) is 3.37. The van der Waals surface area contributed by atoms with Gasteiger partial charge in [-0.15, -0.1) is 0 Å². The predicted octanol–water partition coefficient (Wildman–Crippen LogP) is 2.95. The van der Waals surface area contributed by atoms with Gasteiger partial charge in [-0.25, -0.2) is 0 Å². The van der Waals surface area contributed by atoms with Crippen molar-refractivity contribution in [2.24, 2.45) is 0 Å². The largest absolute Gasteiger partial charge is 0.350 e. The molecule has 20 heavy (non-hydrogen) atoms. The first-order valence-corrected chi connectivity index (χ1v) is 6.42. The van der Waals surface area contributed by atoms with E-state index in [1.165, 1.54) is 12.1 Å². The van der Waals surface area contributed by atoms with Crippen LogP contribution in [0.2, 0.25) is 0 Å². The standard InChI is InChI=1S/C15H14N2O3/c18-17(19)13-8-6-11(7-9-13)14-10-16-15(20-14)12-4-2-1-3-5-12/h1-9,14-16H,10H2/t14-,15-/m1/s1. The maximum atomic E-state index is 10.6. The Kier molecular flexibility index (Phi) is 3.45. The van der Waals surface area contributed by atoms with Gasteiger partial charge in [-0.3, -0.25) is 15.4 Å². The molecule has 5 heteroatoms. The summed E-state index contributed by atoms with van der Waals surface area (Å²) in [6, 6.07) is 16.4. The van der Waals surface area contributed by atoms with E-state index >= 15 is 0 Å². The van der Waals surface area contributed by atoms with Gasteiger partial charge in [0, 0.05) is 18.7 Å². The molecule has 2 aromatic rings. The summed E-state index contributed by atoms with van der Waals surface area (Å²) in [5.74, 6) is 0. The monoisotopic (exact) mass is 270 g/mol. The van der Waals surface area contributed by atoms with E-state index in [4.69, 9.17) is 4.74 Å². The third-order valence-corrected chi connectivity index (χ3v) is 3.37. The minimum absolute atomic E-state index is 0.0824. The van der Waals surface area contributed by atoms with E-state index in [9.17, 15) is 10.1 Å². The number of nitrogens with one attached hydrogen (secondary N) is 1. The molecule has 3 rings (SSSR count). The van der Waals surface area contributed by atoms with Gasteiger partial charge in [-0.05, 0) is 23.3 Å². The highest BCUT2D eigenvalue weighted by molar-refractivity contribution is 5.34. The van der Waals surface area contributed by atoms with Crippen LogP contribution < -0.4 is 5.32 Å². The van der Waals surface area contributed by atoms with Crippen LogP contribution in [0.4, 0.5) is 5.69 Å². The lowest BCUT2D eigenvalue weighted by Gasteiger charge is -2.13. The Morgan fingerprint density at radius 2 is 1.75 bits per heavy atom. The van der Waals surface area contributed by atoms with Gasteiger partial charge < -0.3 is 4.74 Å². The summed E-state index contributed by atoms with van der Waals surface area (Å²) in [6.45, 7) is 0.692. The van der Waals surface area contributed by atoms with Crippen molar-refractivity contribution in [3.8, 4) is 0 Å². The zero-order chi connectivity index (χ0) is 13.9. The SMILES string of the molecule is O=[N+]([O-])c1ccc([C@H]2CN[C@@H](c3ccccc3)O2)cc1. The molecule has 5 nitrogen and oxygen atoms in total. The number of hydrogen-bond donors (Lipinski definition) is 1. The summed E-state index contributed by atoms with van der Waals surface area (Å²) in [4.78, 5) is 10.2. The Hall–Kier alpha value is -2.24. The van der Waals surface area contributed by atoms with E-state index in [0.29, 0.717) is 6.54 Å². The van der Waals surface area contributed by atoms with Crippen LogP contribution in [0.5, 0.6) is 0 Å². The number of benzene rings is 2. The van der Waals surface area contributed by atoms with Gasteiger partial charge in [0.15, 0.2) is 0 Å². The fourth-order valence-electron chi connectivity index (χ4n) is 2.31. The first-order valence-electron chi connectivity index (χ1n) is 6.42. The number of nitrogens with zero attached hydrogens (tertiary/aromatic N) is 1. The lowest BCUT2D eigenvalue weighted by molar-refractivity contribution is -0.384. The molecule has 0 saturated carbocycles. The van der Waals surface area contributed by atoms with Crippen molar-refractivity contribution in [2.45, 2.75) is 12.3 Å². The van der Waals surface area contributed by atoms with Crippen LogP contribution in [0.3, 0.4) is 0 Å². The molecule has 1 saturated heterocycles. The smallest absolute Gasteiger partial charge is 0.269 e. The molecule has 1 N–H and O–H groups in total. The molecule has 102 valence electrons. The second kappa shape index (κ2) is 5.40. The Labute approximate surface area is 116 Å². The number of hydrogen-bond acceptors (Lipinski definition) is 4. The van der Waals surface area contributed by atoms with E-state index in [0.717, 1.165) is 11.1 Å². The molecule has 0 spiro atoms. The third kappa shape index (κ3) is 2.54. The van der Waals surface area contributed by atoms with Gasteiger partial charge in [0.25, 0.3) is 5.69 Å². The summed E-state index contributed by atoms with van der Waals surface area (Å²) < 4.78 is 5.95. The summed E-state index contributed by atoms with van der Waals surface area (Å²) in [6.07, 6.45) is -0.211. The van der Waals surface area contributed by atoms with Crippen molar-refractivity contribution in [3.05, 3.63) is 75.8 Å². The van der Waals surface area contributed by atoms with Crippen LogP contribution in [0.15, 0.2) is 54.6 Å². The van der Waals surface area contributed by atoms with Gasteiger partial charge in [0.05, 0.1) is 11.0 Å². The molecule has 1 fully saturated rings. The molecular weight excluding hydrogens is 256 g/mol. The molecule has 0 aliphatic carbocycles. The van der Waals surface area contributed by atoms with Gasteiger partial charge >= 0.3 is 0 Å². The fourth-order valence-corrected chi connectivity index (χ4v) is 2.31. The van der Waals surface area contributed by atoms with E-state index in [1.54, 1.807) is 12.1 Å². The number of non-ortho nitro benzene ring substituents is 1. The van der Waals surface area contributed by atoms with Gasteiger partial charge in [0.2, 0.25) is 0 Å². The molecular formula is C15H14N2O3. The number of nitro groups is 1. The number of rotatable bonds is 3. The first kappa shape index (κ1) is 12.8. The highest BCUT2D eigenvalue weighted by atomic mass is 16.6. The van der Waals surface area contributed by atoms with E-state index in [2.05, 4.69) is 5.32 Å². The molecule has 2 atom stereocenters. The van der Waals surface area contributed by atoms with Crippen LogP contribution in [0.1, 0.15) is 23.5 Å². The molecule has 2 aromatic carbocycles. The van der Waals surface area contributed by atoms with Crippen LogP contribution in [0, 0.1) is 10.1 Å². The Morgan fingerprint density at radius 3 is 2.40 bits per heavy atom. The predicted molar refractivity (Wildman–Crippen MR) is 74.1 cm³/mol. The molecule has 0 radical (unpaired) electrons. The van der Waals surface area contributed by atoms with Crippen LogP contribution in [0.25, 0.3) is 0 Å². The minimum Gasteiger partial charge on any atom is -0.350 e. The number of nitro benzene ring substituents is 1. The molecule has 0 bridgehead atoms. The highest BCUT2D eigenvalue weighted by Crippen LogP contribution is 2.31. The zero-order valence-corrected chi connectivity index (χ0v) is 10.7. The Morgan fingerprint density at radius 1 is 1.05 bits per heavy atom. The average molecular weight is 270 g/mol. The quantitative estimate of drug-likeness (QED) is 0.688. The number of ether oxygens (including phenoxy) is 1. The molecule has 0 unspecified atom stereocenters. The second-order valence-corrected chi connectivity index (χ2v) is 4.67. The Balaban J connectivity index is 1.72. The molecule has 1 heterocycles. The lowest BCUT2D eigenvalue weighted by atomic mass is 10.1. The fraction of sp³-hybridized carbons (Fsp3) is 0.200. The van der Waals surface area contributed by atoms with Crippen LogP contribution in [-0.4, -0.2) is 11.5 Å². The maximum Gasteiger partial charge on any atom is 0.269 e. The van der Waals surface area contributed by atoms with Crippen molar-refractivity contribution in [2.75, 3.05) is 6.54 Å². The second-order valence-electron chi connectivity index (χ2n) is 4.67. The van der Waals surface area contributed by atoms with Crippen LogP contribution >= 0.6 is 0 Å². The van der Waals surface area contributed by atoms with Gasteiger partial charge in [-0.1, -0.05) is 30.3 Å². The average Bonchev–Trinajstić information content (AvgIpc) is 2.98. The maximum absolute atomic E-state index is 10.6. The first-order chi connectivity index (χ1) is 9.74. The van der Waals surface area contributed by atoms with E-state index in [-0.39, 0.29) is 18.0 Å². The van der Waals surface area contributed by atoms with Crippen molar-refractivity contribution in [1.29, 1.82) is 0 Å². The molecule has 0 amide bonds. The van der Waals surface area contributed by atoms with Gasteiger partial charge in [-0.2, -0.15) is 0 Å². The Bertz CT molecular complexity index is 598. The zero-order valence-electron chi connectivity index (χ0n) is 10.7. The van der Waals surface area contributed by atoms with E-state index in [1.807, 2.05) is 30.3 Å². The topological polar surface area (TPSA) is 64.4 Å². The normalized spacial score (nSPS) is 21.8. The minimum atomic E-state index is -0.399. The van der Waals surface area contributed by atoms with Crippen molar-refractivity contribution in [1.82, 2.24) is 5.32 Å². The van der Waals surface area contributed by atoms with Crippen molar-refractivity contribution < 1.29 is 9.66 Å². The van der Waals surface area contributed by atoms with E-state index < -0.39 is 4.92 Å². The molecule has 1 aliphatic heterocycles. The lowest BCUT2D eigenvalue weighted by Crippen LogP contribution is -2.13. The molecule has 0 aromatic heterocycles. The summed E-state index contributed by atoms with van der Waals surface area (Å²) >= 11 is 0. The van der Waals surface area contributed by atoms with Crippen molar-refractivity contribution >= 4 is 5.69 Å². The van der Waals surface area contributed by atoms with Crippen LogP contribution in [-0.2, 0) is 4.74 Å². The van der Waals surface area contributed by atoms with Gasteiger partial charge in [0.1, 0.15) is 6.23 Å². The summed E-state index contributed by atoms with van der Waals surface area (Å²) in [5.41, 5.74) is 2.12.